The van der Waals surface area contributed by atoms with Crippen LogP contribution in [0.15, 0.2) is 50.6 Å². The van der Waals surface area contributed by atoms with Crippen molar-refractivity contribution in [2.45, 2.75) is 30.6 Å². The van der Waals surface area contributed by atoms with Crippen LogP contribution in [0.25, 0.3) is 11.0 Å². The predicted molar refractivity (Wildman–Crippen MR) is 81.5 cm³/mol. The van der Waals surface area contributed by atoms with Crippen molar-refractivity contribution in [3.8, 4) is 0 Å². The van der Waals surface area contributed by atoms with Crippen LogP contribution < -0.4 is 0 Å². The lowest BCUT2D eigenvalue weighted by Gasteiger charge is -2.03. The highest BCUT2D eigenvalue weighted by Crippen LogP contribution is 2.33. The fraction of sp³-hybridized carbons (Fsp3) is 0.176. The molecular weight excluding hydrogens is 287 g/mol. The lowest BCUT2D eigenvalue weighted by atomic mass is 10.1. The van der Waals surface area contributed by atoms with Gasteiger partial charge in [0.1, 0.15) is 17.2 Å². The third-order valence-corrected chi connectivity index (χ3v) is 4.99. The number of hydrogen-bond donors (Lipinski definition) is 0. The van der Waals surface area contributed by atoms with Gasteiger partial charge in [0.15, 0.2) is 0 Å². The summed E-state index contributed by atoms with van der Waals surface area (Å²) in [6.07, 6.45) is 0. The number of aryl methyl sites for hydroxylation is 3. The van der Waals surface area contributed by atoms with Crippen LogP contribution in [0.2, 0.25) is 0 Å². The second kappa shape index (κ2) is 5.11. The van der Waals surface area contributed by atoms with E-state index in [2.05, 4.69) is 0 Å². The third kappa shape index (κ3) is 2.40. The molecule has 1 heterocycles. The van der Waals surface area contributed by atoms with Gasteiger partial charge in [-0.25, -0.2) is 8.60 Å². The zero-order valence-electron chi connectivity index (χ0n) is 12.1. The van der Waals surface area contributed by atoms with E-state index >= 15 is 0 Å². The molecule has 0 saturated heterocycles. The molecule has 0 aliphatic heterocycles. The molecular formula is C17H15FO2S. The molecule has 0 aliphatic rings. The van der Waals surface area contributed by atoms with Gasteiger partial charge in [-0.3, -0.25) is 0 Å². The molecule has 108 valence electrons. The second-order valence-electron chi connectivity index (χ2n) is 5.17. The Morgan fingerprint density at radius 3 is 2.57 bits per heavy atom. The van der Waals surface area contributed by atoms with E-state index in [0.29, 0.717) is 15.6 Å². The molecule has 0 aliphatic carbocycles. The summed E-state index contributed by atoms with van der Waals surface area (Å²) in [5.74, 6) is 0.222. The van der Waals surface area contributed by atoms with Crippen LogP contribution in [0.3, 0.4) is 0 Å². The second-order valence-corrected chi connectivity index (χ2v) is 6.59. The average Bonchev–Trinajstić information content (AvgIpc) is 2.74. The smallest absolute Gasteiger partial charge is 0.138 e. The Bertz CT molecular complexity index is 865. The molecule has 0 bridgehead atoms. The molecule has 0 unspecified atom stereocenters. The van der Waals surface area contributed by atoms with Crippen molar-refractivity contribution in [3.05, 3.63) is 59.1 Å². The fourth-order valence-electron chi connectivity index (χ4n) is 2.58. The van der Waals surface area contributed by atoms with Gasteiger partial charge in [-0.05, 0) is 56.2 Å². The van der Waals surface area contributed by atoms with Crippen LogP contribution in [0.5, 0.6) is 0 Å². The number of fused-ring (bicyclic) bond motifs is 1. The topological polar surface area (TPSA) is 30.2 Å². The highest BCUT2D eigenvalue weighted by Gasteiger charge is 2.20. The summed E-state index contributed by atoms with van der Waals surface area (Å²) in [7, 11) is -1.46. The maximum Gasteiger partial charge on any atom is 0.138 e. The van der Waals surface area contributed by atoms with E-state index in [4.69, 9.17) is 4.42 Å². The van der Waals surface area contributed by atoms with Gasteiger partial charge in [0.25, 0.3) is 0 Å². The van der Waals surface area contributed by atoms with Crippen LogP contribution in [0.4, 0.5) is 4.39 Å². The normalized spacial score (nSPS) is 12.8. The molecule has 0 radical (unpaired) electrons. The predicted octanol–water partition coefficient (Wildman–Crippen LogP) is 4.66. The minimum atomic E-state index is -1.46. The van der Waals surface area contributed by atoms with Gasteiger partial charge in [0, 0.05) is 10.3 Å². The molecule has 2 nitrogen and oxygen atoms in total. The van der Waals surface area contributed by atoms with Crippen LogP contribution in [-0.2, 0) is 10.8 Å². The minimum absolute atomic E-state index is 0.390. The van der Waals surface area contributed by atoms with Crippen LogP contribution in [0.1, 0.15) is 16.9 Å². The van der Waals surface area contributed by atoms with Crippen molar-refractivity contribution in [2.75, 3.05) is 0 Å². The van der Waals surface area contributed by atoms with E-state index in [9.17, 15) is 8.60 Å². The Hall–Kier alpha value is -1.94. The van der Waals surface area contributed by atoms with Gasteiger partial charge in [-0.2, -0.15) is 0 Å². The molecule has 0 spiro atoms. The first-order valence-electron chi connectivity index (χ1n) is 6.65. The van der Waals surface area contributed by atoms with Gasteiger partial charge in [-0.1, -0.05) is 12.1 Å². The van der Waals surface area contributed by atoms with Gasteiger partial charge < -0.3 is 4.42 Å². The first-order chi connectivity index (χ1) is 9.97. The Labute approximate surface area is 125 Å². The quantitative estimate of drug-likeness (QED) is 0.689. The summed E-state index contributed by atoms with van der Waals surface area (Å²) in [6, 6.07) is 9.87. The first kappa shape index (κ1) is 14.0. The molecule has 0 fully saturated rings. The van der Waals surface area contributed by atoms with Crippen molar-refractivity contribution in [1.29, 1.82) is 0 Å². The highest BCUT2D eigenvalue weighted by molar-refractivity contribution is 7.85. The molecule has 0 saturated carbocycles. The summed E-state index contributed by atoms with van der Waals surface area (Å²) in [6.45, 7) is 5.75. The van der Waals surface area contributed by atoms with Crippen LogP contribution in [-0.4, -0.2) is 4.21 Å². The van der Waals surface area contributed by atoms with Crippen LogP contribution in [0, 0.1) is 26.6 Å². The summed E-state index contributed by atoms with van der Waals surface area (Å²) < 4.78 is 31.9. The van der Waals surface area contributed by atoms with Gasteiger partial charge in [0.05, 0.1) is 15.7 Å². The number of hydrogen-bond acceptors (Lipinski definition) is 2. The van der Waals surface area contributed by atoms with Gasteiger partial charge >= 0.3 is 0 Å². The first-order valence-corrected chi connectivity index (χ1v) is 7.80. The summed E-state index contributed by atoms with van der Waals surface area (Å²) >= 11 is 0. The zero-order valence-corrected chi connectivity index (χ0v) is 12.9. The van der Waals surface area contributed by atoms with Crippen molar-refractivity contribution >= 4 is 21.8 Å². The zero-order chi connectivity index (χ0) is 15.1. The molecule has 4 heteroatoms. The van der Waals surface area contributed by atoms with Gasteiger partial charge in [0.2, 0.25) is 0 Å². The maximum absolute atomic E-state index is 13.4. The monoisotopic (exact) mass is 302 g/mol. The molecule has 2 aromatic carbocycles. The van der Waals surface area contributed by atoms with E-state index in [1.807, 2.05) is 26.0 Å². The van der Waals surface area contributed by atoms with E-state index < -0.39 is 16.6 Å². The number of rotatable bonds is 2. The van der Waals surface area contributed by atoms with Crippen molar-refractivity contribution in [1.82, 2.24) is 0 Å². The van der Waals surface area contributed by atoms with E-state index in [-0.39, 0.29) is 0 Å². The van der Waals surface area contributed by atoms with E-state index in [1.54, 1.807) is 19.1 Å². The average molecular weight is 302 g/mol. The molecule has 1 atom stereocenters. The Morgan fingerprint density at radius 1 is 1.10 bits per heavy atom. The Morgan fingerprint density at radius 2 is 1.86 bits per heavy atom. The number of benzene rings is 2. The summed E-state index contributed by atoms with van der Waals surface area (Å²) in [4.78, 5) is 1.07. The Kier molecular flexibility index (Phi) is 3.41. The summed E-state index contributed by atoms with van der Waals surface area (Å²) in [5, 5.41) is 0.840. The highest BCUT2D eigenvalue weighted by atomic mass is 32.2. The maximum atomic E-state index is 13.4. The molecule has 0 amide bonds. The molecule has 21 heavy (non-hydrogen) atoms. The molecule has 0 N–H and O–H groups in total. The van der Waals surface area contributed by atoms with Crippen molar-refractivity contribution in [3.63, 3.8) is 0 Å². The third-order valence-electron chi connectivity index (χ3n) is 3.43. The van der Waals surface area contributed by atoms with Gasteiger partial charge in [-0.15, -0.1) is 0 Å². The van der Waals surface area contributed by atoms with E-state index in [1.165, 1.54) is 12.1 Å². The molecule has 1 aromatic heterocycles. The number of halogens is 1. The minimum Gasteiger partial charge on any atom is -0.460 e. The fourth-order valence-corrected chi connectivity index (χ4v) is 3.89. The lowest BCUT2D eigenvalue weighted by molar-refractivity contribution is 0.564. The number of furan rings is 1. The lowest BCUT2D eigenvalue weighted by Crippen LogP contribution is -1.94. The molecule has 3 aromatic rings. The van der Waals surface area contributed by atoms with Crippen molar-refractivity contribution < 1.29 is 13.0 Å². The summed E-state index contributed by atoms with van der Waals surface area (Å²) in [5.41, 5.74) is 2.84. The molecule has 3 rings (SSSR count). The standard InChI is InChI=1S/C17H15FO2S/c1-10-7-11(2)16-15(8-10)17(12(3)20-16)21(19)14-6-4-5-13(18)9-14/h4-9H,1-3H3/t21-/m1/s1. The Balaban J connectivity index is 2.25. The van der Waals surface area contributed by atoms with Crippen LogP contribution >= 0.6 is 0 Å². The largest absolute Gasteiger partial charge is 0.460 e. The van der Waals surface area contributed by atoms with E-state index in [0.717, 1.165) is 22.1 Å². The SMILES string of the molecule is Cc1cc(C)c2oc(C)c([S@](=O)c3cccc(F)c3)c2c1. The van der Waals surface area contributed by atoms with Crippen molar-refractivity contribution in [2.24, 2.45) is 0 Å².